The summed E-state index contributed by atoms with van der Waals surface area (Å²) < 4.78 is 7.71. The summed E-state index contributed by atoms with van der Waals surface area (Å²) in [5.74, 6) is -0.986. The third kappa shape index (κ3) is 7.20. The fourth-order valence-corrected chi connectivity index (χ4v) is 11.4. The second-order valence-corrected chi connectivity index (χ2v) is 19.8. The number of amides is 3. The molecule has 0 aliphatic carbocycles. The fraction of sp³-hybridized carbons (Fsp3) is 0.333. The molecule has 4 aromatic rings. The molecule has 54 heavy (non-hydrogen) atoms. The van der Waals surface area contributed by atoms with E-state index in [4.69, 9.17) is 9.84 Å². The molecule has 3 aliphatic heterocycles. The largest absolute Gasteiger partial charge is 0.432 e. The maximum atomic E-state index is 14.9. The normalized spacial score (nSPS) is 22.5. The number of carbonyl (C=O) groups is 3. The highest BCUT2D eigenvalue weighted by atomic mass is 79.9. The van der Waals surface area contributed by atoms with Crippen LogP contribution in [0.5, 0.6) is 0 Å². The van der Waals surface area contributed by atoms with Gasteiger partial charge in [0.05, 0.1) is 42.8 Å². The van der Waals surface area contributed by atoms with Gasteiger partial charge in [0.2, 0.25) is 11.8 Å². The van der Waals surface area contributed by atoms with Crippen LogP contribution in [0.1, 0.15) is 48.4 Å². The van der Waals surface area contributed by atoms with Gasteiger partial charge in [-0.25, -0.2) is 5.01 Å². The van der Waals surface area contributed by atoms with Crippen LogP contribution in [0.25, 0.3) is 0 Å². The summed E-state index contributed by atoms with van der Waals surface area (Å²) in [6.45, 7) is 6.16. The van der Waals surface area contributed by atoms with E-state index >= 15 is 0 Å². The molecule has 0 saturated carbocycles. The second-order valence-electron chi connectivity index (χ2n) is 14.9. The summed E-state index contributed by atoms with van der Waals surface area (Å²) in [7, 11) is -3.02. The molecule has 3 heterocycles. The first-order valence-electron chi connectivity index (χ1n) is 18.4. The fourth-order valence-electron chi connectivity index (χ4n) is 8.44. The van der Waals surface area contributed by atoms with Gasteiger partial charge in [-0.2, -0.15) is 5.10 Å². The number of rotatable bonds is 11. The predicted molar refractivity (Wildman–Crippen MR) is 214 cm³/mol. The number of fused-ring (bicyclic) bond motifs is 2. The summed E-state index contributed by atoms with van der Waals surface area (Å²) in [4.78, 5) is 56.9. The van der Waals surface area contributed by atoms with E-state index in [9.17, 15) is 24.3 Å². The number of hydrogen-bond acceptors (Lipinski definition) is 7. The van der Waals surface area contributed by atoms with Crippen LogP contribution in [0.4, 0.5) is 11.4 Å². The smallest absolute Gasteiger partial charge is 0.264 e. The lowest BCUT2D eigenvalue weighted by Crippen LogP contribution is -2.46. The standard InChI is InChI=1S/C42H45BrN4O6Si/c1-28-40(54(2,3)52)37(25-39(50)45(22-23-48)26-29-10-6-4-7-11-29)53-42(28)34-24-32(43)16-20-36(34)46(41(42)51)27-30-14-17-33(18-15-30)47-38(49)21-19-35(44-47)31-12-8-5-9-13-31/h4-18,20,24,28,37,40,48,52H,19,21-23,25-27H2,1-3H3/t28-,37+,40-,42+/m0/s1. The van der Waals surface area contributed by atoms with Gasteiger partial charge in [0.1, 0.15) is 0 Å². The molecule has 0 aromatic heterocycles. The van der Waals surface area contributed by atoms with Crippen LogP contribution in [0.3, 0.4) is 0 Å². The summed E-state index contributed by atoms with van der Waals surface area (Å²) in [5.41, 5.74) is 3.80. The summed E-state index contributed by atoms with van der Waals surface area (Å²) in [6, 6.07) is 32.7. The van der Waals surface area contributed by atoms with Gasteiger partial charge in [-0.15, -0.1) is 0 Å². The molecule has 0 bridgehead atoms. The van der Waals surface area contributed by atoms with Gasteiger partial charge >= 0.3 is 0 Å². The van der Waals surface area contributed by atoms with Crippen molar-refractivity contribution in [2.24, 2.45) is 11.0 Å². The van der Waals surface area contributed by atoms with E-state index in [0.29, 0.717) is 36.3 Å². The van der Waals surface area contributed by atoms with Crippen LogP contribution in [-0.2, 0) is 37.8 Å². The van der Waals surface area contributed by atoms with E-state index in [1.54, 1.807) is 9.80 Å². The lowest BCUT2D eigenvalue weighted by Gasteiger charge is -2.32. The third-order valence-corrected chi connectivity index (χ3v) is 13.9. The minimum atomic E-state index is -3.02. The number of halogens is 1. The minimum Gasteiger partial charge on any atom is -0.432 e. The van der Waals surface area contributed by atoms with Gasteiger partial charge < -0.3 is 24.4 Å². The molecular formula is C42H45BrN4O6Si. The molecule has 1 saturated heterocycles. The van der Waals surface area contributed by atoms with E-state index in [0.717, 1.165) is 26.9 Å². The van der Waals surface area contributed by atoms with Crippen LogP contribution >= 0.6 is 15.9 Å². The van der Waals surface area contributed by atoms with Crippen LogP contribution in [0.15, 0.2) is 113 Å². The van der Waals surface area contributed by atoms with Crippen molar-refractivity contribution in [2.75, 3.05) is 23.1 Å². The second kappa shape index (κ2) is 15.3. The number of ether oxygens (including phenoxy) is 1. The quantitative estimate of drug-likeness (QED) is 0.162. The molecule has 4 atom stereocenters. The van der Waals surface area contributed by atoms with Crippen molar-refractivity contribution in [3.05, 3.63) is 130 Å². The van der Waals surface area contributed by atoms with Gasteiger partial charge in [-0.1, -0.05) is 95.7 Å². The Kier molecular flexibility index (Phi) is 10.8. The number of aliphatic hydroxyl groups is 1. The van der Waals surface area contributed by atoms with Gasteiger partial charge in [-0.05, 0) is 60.1 Å². The molecule has 280 valence electrons. The Morgan fingerprint density at radius 3 is 2.31 bits per heavy atom. The number of hydrogen-bond donors (Lipinski definition) is 2. The summed E-state index contributed by atoms with van der Waals surface area (Å²) in [5, 5.41) is 16.0. The number of carbonyl (C=O) groups excluding carboxylic acids is 3. The molecular weight excluding hydrogens is 764 g/mol. The first-order chi connectivity index (χ1) is 25.9. The van der Waals surface area contributed by atoms with Gasteiger partial charge in [0.15, 0.2) is 13.9 Å². The lowest BCUT2D eigenvalue weighted by molar-refractivity contribution is -0.150. The molecule has 12 heteroatoms. The van der Waals surface area contributed by atoms with Crippen LogP contribution in [0.2, 0.25) is 18.6 Å². The maximum Gasteiger partial charge on any atom is 0.264 e. The van der Waals surface area contributed by atoms with E-state index in [-0.39, 0.29) is 43.8 Å². The zero-order valence-corrected chi connectivity index (χ0v) is 33.3. The van der Waals surface area contributed by atoms with E-state index in [2.05, 4.69) is 15.9 Å². The molecule has 10 nitrogen and oxygen atoms in total. The average Bonchev–Trinajstić information content (AvgIpc) is 3.58. The first-order valence-corrected chi connectivity index (χ1v) is 22.2. The molecule has 2 N–H and O–H groups in total. The molecule has 4 aromatic carbocycles. The number of benzene rings is 4. The number of nitrogens with zero attached hydrogens (tertiary/aromatic N) is 4. The Balaban J connectivity index is 1.16. The maximum absolute atomic E-state index is 14.9. The molecule has 1 spiro atoms. The van der Waals surface area contributed by atoms with Crippen molar-refractivity contribution in [2.45, 2.75) is 69.6 Å². The van der Waals surface area contributed by atoms with Crippen molar-refractivity contribution < 1.29 is 29.0 Å². The summed E-state index contributed by atoms with van der Waals surface area (Å²) in [6.07, 6.45) is 0.169. The highest BCUT2D eigenvalue weighted by Gasteiger charge is 2.66. The molecule has 0 radical (unpaired) electrons. The molecule has 7 rings (SSSR count). The van der Waals surface area contributed by atoms with E-state index in [1.807, 2.05) is 123 Å². The molecule has 0 unspecified atom stereocenters. The highest BCUT2D eigenvalue weighted by Crippen LogP contribution is 2.60. The van der Waals surface area contributed by atoms with Gasteiger partial charge in [0.25, 0.3) is 5.91 Å². The lowest BCUT2D eigenvalue weighted by atomic mass is 9.82. The predicted octanol–water partition coefficient (Wildman–Crippen LogP) is 6.74. The Hall–Kier alpha value is -4.46. The van der Waals surface area contributed by atoms with Crippen molar-refractivity contribution >= 4 is 59.1 Å². The van der Waals surface area contributed by atoms with Crippen molar-refractivity contribution in [3.63, 3.8) is 0 Å². The highest BCUT2D eigenvalue weighted by molar-refractivity contribution is 9.10. The van der Waals surface area contributed by atoms with Gasteiger partial charge in [-0.3, -0.25) is 14.4 Å². The zero-order chi connectivity index (χ0) is 38.2. The van der Waals surface area contributed by atoms with Crippen molar-refractivity contribution in [3.8, 4) is 0 Å². The average molecular weight is 810 g/mol. The minimum absolute atomic E-state index is 0.0393. The van der Waals surface area contributed by atoms with Crippen LogP contribution in [-0.4, -0.2) is 65.8 Å². The molecule has 3 amide bonds. The first kappa shape index (κ1) is 37.8. The number of hydrazone groups is 1. The Morgan fingerprint density at radius 1 is 0.963 bits per heavy atom. The molecule has 3 aliphatic rings. The Morgan fingerprint density at radius 2 is 1.65 bits per heavy atom. The van der Waals surface area contributed by atoms with Crippen LogP contribution < -0.4 is 9.91 Å². The Labute approximate surface area is 325 Å². The monoisotopic (exact) mass is 808 g/mol. The van der Waals surface area contributed by atoms with Crippen molar-refractivity contribution in [1.29, 1.82) is 0 Å². The number of anilines is 2. The van der Waals surface area contributed by atoms with Crippen molar-refractivity contribution in [1.82, 2.24) is 4.90 Å². The van der Waals surface area contributed by atoms with E-state index < -0.39 is 31.5 Å². The SMILES string of the molecule is C[C@H]1[C@H]([Si](C)(C)O)[C@@H](CC(=O)N(CCO)Cc2ccccc2)O[C@]12C(=O)N(Cc1ccc(N3N=C(c4ccccc4)CCC3=O)cc1)c1ccc(Br)cc12. The Bertz CT molecular complexity index is 2060. The summed E-state index contributed by atoms with van der Waals surface area (Å²) >= 11 is 3.62. The third-order valence-electron chi connectivity index (χ3n) is 10.9. The van der Waals surface area contributed by atoms with Gasteiger partial charge in [0, 0.05) is 47.4 Å². The van der Waals surface area contributed by atoms with E-state index in [1.165, 1.54) is 5.01 Å². The topological polar surface area (TPSA) is 123 Å². The zero-order valence-electron chi connectivity index (χ0n) is 30.7. The van der Waals surface area contributed by atoms with Crippen LogP contribution in [0, 0.1) is 5.92 Å². The molecule has 1 fully saturated rings. The number of aliphatic hydroxyl groups excluding tert-OH is 1.